The van der Waals surface area contributed by atoms with Gasteiger partial charge in [-0.25, -0.2) is 17.7 Å². The minimum atomic E-state index is -3.54. The van der Waals surface area contributed by atoms with Crippen LogP contribution in [0.3, 0.4) is 0 Å². The molecule has 3 rings (SSSR count). The van der Waals surface area contributed by atoms with Gasteiger partial charge < -0.3 is 0 Å². The molecule has 0 aliphatic heterocycles. The van der Waals surface area contributed by atoms with Crippen molar-refractivity contribution < 1.29 is 13.2 Å². The molecule has 6 nitrogen and oxygen atoms in total. The highest BCUT2D eigenvalue weighted by molar-refractivity contribution is 7.89. The van der Waals surface area contributed by atoms with Crippen molar-refractivity contribution in [1.82, 2.24) is 9.29 Å². The van der Waals surface area contributed by atoms with Gasteiger partial charge in [-0.15, -0.1) is 6.58 Å². The molecule has 140 valence electrons. The molecule has 8 heteroatoms. The van der Waals surface area contributed by atoms with Crippen LogP contribution in [0.5, 0.6) is 0 Å². The molecule has 1 amide bonds. The lowest BCUT2D eigenvalue weighted by atomic mass is 10.2. The summed E-state index contributed by atoms with van der Waals surface area (Å²) < 4.78 is 26.5. The van der Waals surface area contributed by atoms with Gasteiger partial charge in [-0.3, -0.25) is 9.69 Å². The molecular weight excluding hydrogens is 382 g/mol. The number of aromatic nitrogens is 1. The quantitative estimate of drug-likeness (QED) is 0.594. The molecule has 1 heterocycles. The van der Waals surface area contributed by atoms with E-state index in [0.29, 0.717) is 17.2 Å². The fourth-order valence-electron chi connectivity index (χ4n) is 2.49. The Kier molecular flexibility index (Phi) is 5.41. The number of amides is 1. The van der Waals surface area contributed by atoms with Crippen molar-refractivity contribution in [3.8, 4) is 0 Å². The third-order valence-electron chi connectivity index (χ3n) is 3.95. The third-order valence-corrected chi connectivity index (χ3v) is 6.84. The predicted octanol–water partition coefficient (Wildman–Crippen LogP) is 3.38. The molecule has 0 radical (unpaired) electrons. The number of rotatable bonds is 6. The fraction of sp³-hybridized carbons (Fsp3) is 0.158. The van der Waals surface area contributed by atoms with Crippen LogP contribution < -0.4 is 4.90 Å². The molecular formula is C19H19N3O3S2. The predicted molar refractivity (Wildman–Crippen MR) is 109 cm³/mol. The molecule has 0 N–H and O–H groups in total. The first kappa shape index (κ1) is 19.2. The van der Waals surface area contributed by atoms with Crippen LogP contribution in [0.4, 0.5) is 5.13 Å². The van der Waals surface area contributed by atoms with Gasteiger partial charge in [-0.05, 0) is 36.4 Å². The van der Waals surface area contributed by atoms with Crippen LogP contribution in [-0.4, -0.2) is 44.3 Å². The van der Waals surface area contributed by atoms with Gasteiger partial charge in [-0.1, -0.05) is 29.5 Å². The minimum Gasteiger partial charge on any atom is -0.280 e. The smallest absolute Gasteiger partial charge is 0.260 e. The molecule has 0 spiro atoms. The van der Waals surface area contributed by atoms with Crippen LogP contribution in [0.15, 0.2) is 66.1 Å². The number of para-hydroxylation sites is 1. The highest BCUT2D eigenvalue weighted by Gasteiger charge is 2.22. The van der Waals surface area contributed by atoms with Gasteiger partial charge in [0.05, 0.1) is 15.1 Å². The van der Waals surface area contributed by atoms with E-state index in [0.717, 1.165) is 14.5 Å². The normalized spacial score (nSPS) is 11.7. The van der Waals surface area contributed by atoms with E-state index in [1.807, 2.05) is 24.3 Å². The second kappa shape index (κ2) is 7.59. The van der Waals surface area contributed by atoms with Gasteiger partial charge in [0.1, 0.15) is 0 Å². The first-order chi connectivity index (χ1) is 12.8. The SMILES string of the molecule is C=CCN(C(=O)c1ccc(S(=O)(=O)N(C)C)cc1)c1nc2ccccc2s1. The summed E-state index contributed by atoms with van der Waals surface area (Å²) in [4.78, 5) is 19.2. The summed E-state index contributed by atoms with van der Waals surface area (Å²) in [5, 5.41) is 0.575. The van der Waals surface area contributed by atoms with Crippen LogP contribution >= 0.6 is 11.3 Å². The van der Waals surface area contributed by atoms with Crippen LogP contribution in [0.2, 0.25) is 0 Å². The number of thiazole rings is 1. The summed E-state index contributed by atoms with van der Waals surface area (Å²) in [5.41, 5.74) is 1.21. The molecule has 27 heavy (non-hydrogen) atoms. The Bertz CT molecular complexity index is 1050. The number of nitrogens with zero attached hydrogens (tertiary/aromatic N) is 3. The van der Waals surface area contributed by atoms with Gasteiger partial charge >= 0.3 is 0 Å². The van der Waals surface area contributed by atoms with Crippen LogP contribution in [0.1, 0.15) is 10.4 Å². The number of hydrogen-bond donors (Lipinski definition) is 0. The molecule has 0 unspecified atom stereocenters. The van der Waals surface area contributed by atoms with Gasteiger partial charge in [-0.2, -0.15) is 0 Å². The van der Waals surface area contributed by atoms with Crippen molar-refractivity contribution in [2.24, 2.45) is 0 Å². The zero-order chi connectivity index (χ0) is 19.6. The molecule has 2 aromatic carbocycles. The summed E-state index contributed by atoms with van der Waals surface area (Å²) in [6, 6.07) is 13.6. The Labute approximate surface area is 162 Å². The van der Waals surface area contributed by atoms with Gasteiger partial charge in [0.2, 0.25) is 10.0 Å². The standard InChI is InChI=1S/C19H19N3O3S2/c1-4-13-22(19-20-16-7-5-6-8-17(16)26-19)18(23)14-9-11-15(12-10-14)27(24,25)21(2)3/h4-12H,1,13H2,2-3H3. The number of anilines is 1. The monoisotopic (exact) mass is 401 g/mol. The summed E-state index contributed by atoms with van der Waals surface area (Å²) >= 11 is 1.42. The Morgan fingerprint density at radius 1 is 1.15 bits per heavy atom. The highest BCUT2D eigenvalue weighted by Crippen LogP contribution is 2.29. The summed E-state index contributed by atoms with van der Waals surface area (Å²) in [6.45, 7) is 4.02. The van der Waals surface area contributed by atoms with E-state index in [-0.39, 0.29) is 10.8 Å². The van der Waals surface area contributed by atoms with E-state index in [1.165, 1.54) is 54.6 Å². The summed E-state index contributed by atoms with van der Waals surface area (Å²) in [6.07, 6.45) is 1.63. The van der Waals surface area contributed by atoms with Gasteiger partial charge in [0.25, 0.3) is 5.91 Å². The molecule has 0 aliphatic carbocycles. The van der Waals surface area contributed by atoms with Crippen LogP contribution in [0, 0.1) is 0 Å². The zero-order valence-corrected chi connectivity index (χ0v) is 16.6. The summed E-state index contributed by atoms with van der Waals surface area (Å²) in [7, 11) is -0.606. The lowest BCUT2D eigenvalue weighted by molar-refractivity contribution is 0.0989. The second-order valence-corrected chi connectivity index (χ2v) is 9.14. The zero-order valence-electron chi connectivity index (χ0n) is 15.0. The van der Waals surface area contributed by atoms with Crippen molar-refractivity contribution in [2.75, 3.05) is 25.5 Å². The Morgan fingerprint density at radius 2 is 1.81 bits per heavy atom. The molecule has 0 saturated carbocycles. The number of carbonyl (C=O) groups is 1. The Morgan fingerprint density at radius 3 is 2.41 bits per heavy atom. The topological polar surface area (TPSA) is 70.6 Å². The van der Waals surface area contributed by atoms with E-state index in [1.54, 1.807) is 6.08 Å². The molecule has 1 aromatic heterocycles. The highest BCUT2D eigenvalue weighted by atomic mass is 32.2. The lowest BCUT2D eigenvalue weighted by Crippen LogP contribution is -2.31. The molecule has 0 bridgehead atoms. The first-order valence-electron chi connectivity index (χ1n) is 8.15. The lowest BCUT2D eigenvalue weighted by Gasteiger charge is -2.18. The van der Waals surface area contributed by atoms with Crippen molar-refractivity contribution in [1.29, 1.82) is 0 Å². The van der Waals surface area contributed by atoms with Gasteiger partial charge in [0, 0.05) is 26.2 Å². The Balaban J connectivity index is 1.94. The van der Waals surface area contributed by atoms with E-state index in [4.69, 9.17) is 0 Å². The minimum absolute atomic E-state index is 0.138. The van der Waals surface area contributed by atoms with E-state index < -0.39 is 10.0 Å². The van der Waals surface area contributed by atoms with Crippen molar-refractivity contribution in [2.45, 2.75) is 4.90 Å². The van der Waals surface area contributed by atoms with Crippen molar-refractivity contribution in [3.63, 3.8) is 0 Å². The molecule has 0 fully saturated rings. The molecule has 3 aromatic rings. The maximum atomic E-state index is 13.0. The van der Waals surface area contributed by atoms with Gasteiger partial charge in [0.15, 0.2) is 5.13 Å². The number of carbonyl (C=O) groups excluding carboxylic acids is 1. The third kappa shape index (κ3) is 3.78. The fourth-order valence-corrected chi connectivity index (χ4v) is 4.36. The molecule has 0 atom stereocenters. The number of benzene rings is 2. The summed E-state index contributed by atoms with van der Waals surface area (Å²) in [5.74, 6) is -0.261. The largest absolute Gasteiger partial charge is 0.280 e. The Hall–Kier alpha value is -2.55. The number of fused-ring (bicyclic) bond motifs is 1. The van der Waals surface area contributed by atoms with E-state index >= 15 is 0 Å². The van der Waals surface area contributed by atoms with Crippen molar-refractivity contribution >= 4 is 42.6 Å². The maximum Gasteiger partial charge on any atom is 0.260 e. The maximum absolute atomic E-state index is 13.0. The number of sulfonamides is 1. The van der Waals surface area contributed by atoms with Crippen molar-refractivity contribution in [3.05, 3.63) is 66.7 Å². The molecule has 0 aliphatic rings. The van der Waals surface area contributed by atoms with Crippen LogP contribution in [0.25, 0.3) is 10.2 Å². The second-order valence-electron chi connectivity index (χ2n) is 5.98. The average Bonchev–Trinajstić information content (AvgIpc) is 3.09. The van der Waals surface area contributed by atoms with E-state index in [9.17, 15) is 13.2 Å². The first-order valence-corrected chi connectivity index (χ1v) is 10.4. The molecule has 0 saturated heterocycles. The average molecular weight is 402 g/mol. The van der Waals surface area contributed by atoms with E-state index in [2.05, 4.69) is 11.6 Å². The number of hydrogen-bond acceptors (Lipinski definition) is 5. The van der Waals surface area contributed by atoms with Crippen LogP contribution in [-0.2, 0) is 10.0 Å².